The number of nitrogens with zero attached hydrogens (tertiary/aromatic N) is 1. The van der Waals surface area contributed by atoms with Crippen molar-refractivity contribution in [3.8, 4) is 0 Å². The molecule has 1 aromatic heterocycles. The first-order chi connectivity index (χ1) is 14.3. The quantitative estimate of drug-likeness (QED) is 0.456. The molecule has 1 heterocycles. The van der Waals surface area contributed by atoms with Crippen LogP contribution in [0.25, 0.3) is 17.0 Å². The van der Waals surface area contributed by atoms with Gasteiger partial charge in [0.2, 0.25) is 0 Å². The van der Waals surface area contributed by atoms with E-state index in [-0.39, 0.29) is 9.79 Å². The molecule has 0 amide bonds. The number of sulfone groups is 1. The van der Waals surface area contributed by atoms with E-state index in [1.165, 1.54) is 16.2 Å². The first-order valence-corrected chi connectivity index (χ1v) is 12.2. The van der Waals surface area contributed by atoms with Crippen LogP contribution in [0.2, 0.25) is 0 Å². The Bertz CT molecular complexity index is 1450. The lowest BCUT2D eigenvalue weighted by molar-refractivity contribution is 0.589. The van der Waals surface area contributed by atoms with E-state index >= 15 is 0 Å². The molecule has 0 aliphatic carbocycles. The summed E-state index contributed by atoms with van der Waals surface area (Å²) in [7, 11) is -7.27. The van der Waals surface area contributed by atoms with Crippen molar-refractivity contribution in [2.24, 2.45) is 0 Å². The Balaban J connectivity index is 1.68. The molecule has 0 unspecified atom stereocenters. The third kappa shape index (κ3) is 3.81. The first kappa shape index (κ1) is 20.1. The van der Waals surface area contributed by atoms with Crippen LogP contribution in [-0.2, 0) is 19.9 Å². The van der Waals surface area contributed by atoms with Crippen LogP contribution in [0.5, 0.6) is 0 Å². The minimum absolute atomic E-state index is 0.212. The Morgan fingerprint density at radius 2 is 1.47 bits per heavy atom. The molecule has 4 rings (SSSR count). The fourth-order valence-electron chi connectivity index (χ4n) is 3.13. The van der Waals surface area contributed by atoms with Crippen LogP contribution in [0.3, 0.4) is 0 Å². The third-order valence-corrected chi connectivity index (χ3v) is 7.90. The van der Waals surface area contributed by atoms with Crippen molar-refractivity contribution in [3.05, 3.63) is 102 Å². The van der Waals surface area contributed by atoms with Gasteiger partial charge < -0.3 is 0 Å². The highest BCUT2D eigenvalue weighted by Crippen LogP contribution is 2.24. The fraction of sp³-hybridized carbons (Fsp3) is 0.0435. The summed E-state index contributed by atoms with van der Waals surface area (Å²) in [5.41, 5.74) is 2.17. The Morgan fingerprint density at radius 1 is 0.767 bits per heavy atom. The highest BCUT2D eigenvalue weighted by molar-refractivity contribution is 7.94. The van der Waals surface area contributed by atoms with Gasteiger partial charge in [-0.3, -0.25) is 0 Å². The smallest absolute Gasteiger partial charge is 0.241 e. The van der Waals surface area contributed by atoms with E-state index in [9.17, 15) is 16.8 Å². The van der Waals surface area contributed by atoms with Crippen molar-refractivity contribution in [3.63, 3.8) is 0 Å². The zero-order valence-corrected chi connectivity index (χ0v) is 17.8. The summed E-state index contributed by atoms with van der Waals surface area (Å²) in [6.45, 7) is 1.90. The van der Waals surface area contributed by atoms with Gasteiger partial charge in [-0.1, -0.05) is 42.0 Å². The third-order valence-electron chi connectivity index (χ3n) is 4.77. The number of aryl methyl sites for hydroxylation is 1. The zero-order valence-electron chi connectivity index (χ0n) is 16.1. The van der Waals surface area contributed by atoms with E-state index in [2.05, 4.69) is 0 Å². The number of hydrogen-bond donors (Lipinski definition) is 0. The standard InChI is InChI=1S/C23H19NO4S2/c1-18-7-10-22(11-8-18)30(27,28)24-15-13-20-17-19(9-12-23(20)24)14-16-29(25,26)21-5-3-2-4-6-21/h2-17H,1H3/b16-14+. The lowest BCUT2D eigenvalue weighted by Gasteiger charge is -2.08. The molecule has 0 saturated heterocycles. The molecule has 3 aromatic carbocycles. The molecule has 5 nitrogen and oxygen atoms in total. The zero-order chi connectivity index (χ0) is 21.4. The lowest BCUT2D eigenvalue weighted by atomic mass is 10.1. The Kier molecular flexibility index (Phi) is 5.09. The Hall–Kier alpha value is -3.16. The highest BCUT2D eigenvalue weighted by Gasteiger charge is 2.18. The van der Waals surface area contributed by atoms with E-state index in [0.717, 1.165) is 11.0 Å². The SMILES string of the molecule is Cc1ccc(S(=O)(=O)n2ccc3cc(/C=C/S(=O)(=O)c4ccccc4)ccc32)cc1. The van der Waals surface area contributed by atoms with Crippen LogP contribution >= 0.6 is 0 Å². The summed E-state index contributed by atoms with van der Waals surface area (Å²) < 4.78 is 52.0. The van der Waals surface area contributed by atoms with Crippen LogP contribution in [0, 0.1) is 6.92 Å². The van der Waals surface area contributed by atoms with Gasteiger partial charge in [0, 0.05) is 17.0 Å². The fourth-order valence-corrected chi connectivity index (χ4v) is 5.51. The molecule has 0 aliphatic rings. The summed E-state index contributed by atoms with van der Waals surface area (Å²) in [5, 5.41) is 1.86. The minimum Gasteiger partial charge on any atom is -0.241 e. The maximum absolute atomic E-state index is 13.0. The normalized spacial score (nSPS) is 12.6. The molecule has 0 saturated carbocycles. The number of aromatic nitrogens is 1. The molecule has 0 radical (unpaired) electrons. The van der Waals surface area contributed by atoms with Crippen molar-refractivity contribution in [2.75, 3.05) is 0 Å². The number of fused-ring (bicyclic) bond motifs is 1. The molecule has 152 valence electrons. The van der Waals surface area contributed by atoms with Gasteiger partial charge in [0.25, 0.3) is 10.0 Å². The molecule has 0 N–H and O–H groups in total. The van der Waals surface area contributed by atoms with Gasteiger partial charge >= 0.3 is 0 Å². The highest BCUT2D eigenvalue weighted by atomic mass is 32.2. The predicted octanol–water partition coefficient (Wildman–Crippen LogP) is 4.63. The Morgan fingerprint density at radius 3 is 2.17 bits per heavy atom. The summed E-state index contributed by atoms with van der Waals surface area (Å²) >= 11 is 0. The van der Waals surface area contributed by atoms with Crippen LogP contribution in [0.15, 0.2) is 100 Å². The molecule has 4 aromatic rings. The number of rotatable bonds is 5. The van der Waals surface area contributed by atoms with Crippen molar-refractivity contribution >= 4 is 36.8 Å². The summed E-state index contributed by atoms with van der Waals surface area (Å²) in [6, 6.07) is 21.7. The van der Waals surface area contributed by atoms with E-state index < -0.39 is 19.9 Å². The van der Waals surface area contributed by atoms with Gasteiger partial charge in [-0.2, -0.15) is 0 Å². The van der Waals surface area contributed by atoms with Crippen LogP contribution in [0.1, 0.15) is 11.1 Å². The van der Waals surface area contributed by atoms with E-state index in [1.807, 2.05) is 6.92 Å². The van der Waals surface area contributed by atoms with Gasteiger partial charge in [0.1, 0.15) is 0 Å². The summed E-state index contributed by atoms with van der Waals surface area (Å²) in [4.78, 5) is 0.432. The van der Waals surface area contributed by atoms with Crippen molar-refractivity contribution in [2.45, 2.75) is 16.7 Å². The van der Waals surface area contributed by atoms with Gasteiger partial charge in [0.15, 0.2) is 9.84 Å². The van der Waals surface area contributed by atoms with Crippen molar-refractivity contribution in [1.29, 1.82) is 0 Å². The topological polar surface area (TPSA) is 73.2 Å². The second-order valence-corrected chi connectivity index (χ2v) is 10.6. The monoisotopic (exact) mass is 437 g/mol. The van der Waals surface area contributed by atoms with Crippen LogP contribution < -0.4 is 0 Å². The average molecular weight is 438 g/mol. The maximum Gasteiger partial charge on any atom is 0.268 e. The molecule has 0 atom stereocenters. The average Bonchev–Trinajstić information content (AvgIpc) is 3.17. The van der Waals surface area contributed by atoms with E-state index in [0.29, 0.717) is 16.5 Å². The molecule has 0 aliphatic heterocycles. The van der Waals surface area contributed by atoms with E-state index in [1.54, 1.807) is 78.9 Å². The predicted molar refractivity (Wildman–Crippen MR) is 118 cm³/mol. The maximum atomic E-state index is 13.0. The molecular weight excluding hydrogens is 418 g/mol. The second kappa shape index (κ2) is 7.59. The van der Waals surface area contributed by atoms with Crippen molar-refractivity contribution < 1.29 is 16.8 Å². The largest absolute Gasteiger partial charge is 0.268 e. The molecule has 30 heavy (non-hydrogen) atoms. The van der Waals surface area contributed by atoms with E-state index in [4.69, 9.17) is 0 Å². The first-order valence-electron chi connectivity index (χ1n) is 9.19. The van der Waals surface area contributed by atoms with Crippen LogP contribution in [0.4, 0.5) is 0 Å². The number of benzene rings is 3. The molecular formula is C23H19NO4S2. The molecule has 0 fully saturated rings. The summed E-state index contributed by atoms with van der Waals surface area (Å²) in [6.07, 6.45) is 3.02. The van der Waals surface area contributed by atoms with Gasteiger partial charge in [0.05, 0.1) is 15.3 Å². The van der Waals surface area contributed by atoms with Gasteiger partial charge in [-0.05, 0) is 61.0 Å². The molecule has 0 spiro atoms. The minimum atomic E-state index is -3.72. The van der Waals surface area contributed by atoms with Gasteiger partial charge in [-0.15, -0.1) is 0 Å². The van der Waals surface area contributed by atoms with Crippen molar-refractivity contribution in [1.82, 2.24) is 3.97 Å². The summed E-state index contributed by atoms with van der Waals surface area (Å²) in [5.74, 6) is 0. The lowest BCUT2D eigenvalue weighted by Crippen LogP contribution is -2.11. The molecule has 0 bridgehead atoms. The van der Waals surface area contributed by atoms with Crippen LogP contribution in [-0.4, -0.2) is 20.8 Å². The molecule has 7 heteroatoms. The second-order valence-electron chi connectivity index (χ2n) is 6.91. The number of hydrogen-bond acceptors (Lipinski definition) is 4. The Labute approximate surface area is 175 Å². The van der Waals surface area contributed by atoms with Gasteiger partial charge in [-0.25, -0.2) is 20.8 Å².